The molecular weight excluding hydrogens is 196 g/mol. The fraction of sp³-hybridized carbons (Fsp3) is 0.800. The second-order valence-corrected chi connectivity index (χ2v) is 4.35. The fourth-order valence-electron chi connectivity index (χ4n) is 1.12. The highest BCUT2D eigenvalue weighted by Crippen LogP contribution is 2.07. The van der Waals surface area contributed by atoms with E-state index in [1.165, 1.54) is 0 Å². The minimum Gasteiger partial charge on any atom is -0.393 e. The third-order valence-corrected chi connectivity index (χ3v) is 2.21. The van der Waals surface area contributed by atoms with E-state index in [4.69, 9.17) is 18.0 Å². The van der Waals surface area contributed by atoms with Gasteiger partial charge in [0.1, 0.15) is 0 Å². The van der Waals surface area contributed by atoms with Gasteiger partial charge in [-0.05, 0) is 12.3 Å². The van der Waals surface area contributed by atoms with Crippen LogP contribution in [-0.2, 0) is 4.79 Å². The van der Waals surface area contributed by atoms with Crippen molar-refractivity contribution in [1.29, 1.82) is 0 Å². The van der Waals surface area contributed by atoms with E-state index in [1.807, 2.05) is 6.92 Å². The average molecular weight is 216 g/mol. The number of rotatable bonds is 6. The van der Waals surface area contributed by atoms with Gasteiger partial charge in [0.25, 0.3) is 0 Å². The van der Waals surface area contributed by atoms with E-state index < -0.39 is 0 Å². The molecule has 3 nitrogen and oxygen atoms in total. The Hall–Kier alpha value is -0.640. The van der Waals surface area contributed by atoms with Gasteiger partial charge in [0, 0.05) is 6.54 Å². The van der Waals surface area contributed by atoms with Gasteiger partial charge in [0.2, 0.25) is 5.91 Å². The zero-order chi connectivity index (χ0) is 11.1. The summed E-state index contributed by atoms with van der Waals surface area (Å²) in [5.74, 6) is 0.120. The van der Waals surface area contributed by atoms with Gasteiger partial charge in [0.15, 0.2) is 0 Å². The molecule has 0 aromatic carbocycles. The van der Waals surface area contributed by atoms with Crippen molar-refractivity contribution in [3.8, 4) is 0 Å². The molecule has 3 N–H and O–H groups in total. The standard InChI is InChI=1S/C10H20N2OS/c1-4-5-8(9(11)14)10(13)12-6-7(2)3/h7-8H,4-6H2,1-3H3,(H2,11,14)(H,12,13). The minimum absolute atomic E-state index is 0.0342. The molecule has 14 heavy (non-hydrogen) atoms. The molecule has 0 bridgehead atoms. The maximum atomic E-state index is 11.6. The van der Waals surface area contributed by atoms with Crippen LogP contribution in [0.4, 0.5) is 0 Å². The van der Waals surface area contributed by atoms with Crippen LogP contribution in [-0.4, -0.2) is 17.4 Å². The van der Waals surface area contributed by atoms with Crippen molar-refractivity contribution in [3.05, 3.63) is 0 Å². The lowest BCUT2D eigenvalue weighted by Crippen LogP contribution is -2.39. The van der Waals surface area contributed by atoms with Crippen molar-refractivity contribution >= 4 is 23.1 Å². The Morgan fingerprint density at radius 3 is 2.43 bits per heavy atom. The lowest BCUT2D eigenvalue weighted by molar-refractivity contribution is -0.123. The molecule has 1 amide bonds. The first-order chi connectivity index (χ1) is 6.49. The molecule has 4 heteroatoms. The summed E-state index contributed by atoms with van der Waals surface area (Å²) >= 11 is 4.86. The Labute approximate surface area is 91.4 Å². The van der Waals surface area contributed by atoms with E-state index >= 15 is 0 Å². The lowest BCUT2D eigenvalue weighted by atomic mass is 10.0. The summed E-state index contributed by atoms with van der Waals surface area (Å²) in [5, 5.41) is 2.84. The van der Waals surface area contributed by atoms with Crippen molar-refractivity contribution < 1.29 is 4.79 Å². The van der Waals surface area contributed by atoms with Gasteiger partial charge in [-0.25, -0.2) is 0 Å². The van der Waals surface area contributed by atoms with Gasteiger partial charge >= 0.3 is 0 Å². The topological polar surface area (TPSA) is 55.1 Å². The third kappa shape index (κ3) is 5.17. The van der Waals surface area contributed by atoms with Gasteiger partial charge in [-0.15, -0.1) is 0 Å². The van der Waals surface area contributed by atoms with Crippen molar-refractivity contribution in [2.24, 2.45) is 17.6 Å². The van der Waals surface area contributed by atoms with Crippen LogP contribution in [0.15, 0.2) is 0 Å². The van der Waals surface area contributed by atoms with Crippen molar-refractivity contribution in [3.63, 3.8) is 0 Å². The number of thiocarbonyl (C=S) groups is 1. The number of hydrogen-bond acceptors (Lipinski definition) is 2. The fourth-order valence-corrected chi connectivity index (χ4v) is 1.34. The van der Waals surface area contributed by atoms with E-state index in [0.717, 1.165) is 12.8 Å². The molecule has 0 fully saturated rings. The molecule has 0 rings (SSSR count). The van der Waals surface area contributed by atoms with E-state index in [-0.39, 0.29) is 11.8 Å². The molecule has 0 saturated heterocycles. The largest absolute Gasteiger partial charge is 0.393 e. The van der Waals surface area contributed by atoms with Crippen LogP contribution in [0.1, 0.15) is 33.6 Å². The summed E-state index contributed by atoms with van der Waals surface area (Å²) in [6, 6.07) is 0. The first kappa shape index (κ1) is 13.4. The summed E-state index contributed by atoms with van der Waals surface area (Å²) in [7, 11) is 0. The molecule has 0 radical (unpaired) electrons. The summed E-state index contributed by atoms with van der Waals surface area (Å²) < 4.78 is 0. The second-order valence-electron chi connectivity index (χ2n) is 3.88. The quantitative estimate of drug-likeness (QED) is 0.661. The predicted molar refractivity (Wildman–Crippen MR) is 63.0 cm³/mol. The maximum absolute atomic E-state index is 11.6. The van der Waals surface area contributed by atoms with E-state index in [9.17, 15) is 4.79 Å². The Bertz CT molecular complexity index is 204. The number of nitrogens with one attached hydrogen (secondary N) is 1. The first-order valence-corrected chi connectivity index (χ1v) is 5.46. The van der Waals surface area contributed by atoms with Gasteiger partial charge in [-0.1, -0.05) is 39.4 Å². The van der Waals surface area contributed by atoms with Gasteiger partial charge in [-0.3, -0.25) is 4.79 Å². The monoisotopic (exact) mass is 216 g/mol. The van der Waals surface area contributed by atoms with Crippen molar-refractivity contribution in [1.82, 2.24) is 5.32 Å². The van der Waals surface area contributed by atoms with Crippen LogP contribution in [0.25, 0.3) is 0 Å². The molecule has 0 aliphatic rings. The second kappa shape index (κ2) is 6.76. The number of carbonyl (C=O) groups excluding carboxylic acids is 1. The molecule has 1 unspecified atom stereocenters. The normalized spacial score (nSPS) is 12.6. The molecule has 0 aromatic heterocycles. The molecule has 82 valence electrons. The highest BCUT2D eigenvalue weighted by molar-refractivity contribution is 7.80. The Morgan fingerprint density at radius 2 is 2.07 bits per heavy atom. The van der Waals surface area contributed by atoms with Crippen LogP contribution in [0.5, 0.6) is 0 Å². The van der Waals surface area contributed by atoms with Crippen molar-refractivity contribution in [2.75, 3.05) is 6.54 Å². The molecule has 0 heterocycles. The number of hydrogen-bond donors (Lipinski definition) is 2. The lowest BCUT2D eigenvalue weighted by Gasteiger charge is -2.15. The molecular formula is C10H20N2OS. The Kier molecular flexibility index (Phi) is 6.45. The third-order valence-electron chi connectivity index (χ3n) is 1.92. The van der Waals surface area contributed by atoms with E-state index in [2.05, 4.69) is 19.2 Å². The van der Waals surface area contributed by atoms with Crippen LogP contribution in [0.3, 0.4) is 0 Å². The molecule has 0 aliphatic carbocycles. The molecule has 0 spiro atoms. The molecule has 0 saturated carbocycles. The summed E-state index contributed by atoms with van der Waals surface area (Å²) in [4.78, 5) is 11.9. The van der Waals surface area contributed by atoms with Crippen LogP contribution in [0, 0.1) is 11.8 Å². The SMILES string of the molecule is CCCC(C(=O)NCC(C)C)C(N)=S. The van der Waals surface area contributed by atoms with Crippen LogP contribution >= 0.6 is 12.2 Å². The van der Waals surface area contributed by atoms with Gasteiger partial charge in [0.05, 0.1) is 10.9 Å². The summed E-state index contributed by atoms with van der Waals surface area (Å²) in [5.41, 5.74) is 5.50. The molecule has 0 aromatic rings. The summed E-state index contributed by atoms with van der Waals surface area (Å²) in [6.45, 7) is 6.80. The number of amides is 1. The van der Waals surface area contributed by atoms with Crippen molar-refractivity contribution in [2.45, 2.75) is 33.6 Å². The predicted octanol–water partition coefficient (Wildman–Crippen LogP) is 1.46. The highest BCUT2D eigenvalue weighted by atomic mass is 32.1. The van der Waals surface area contributed by atoms with Gasteiger partial charge < -0.3 is 11.1 Å². The number of nitrogens with two attached hydrogens (primary N) is 1. The first-order valence-electron chi connectivity index (χ1n) is 5.06. The zero-order valence-electron chi connectivity index (χ0n) is 9.17. The smallest absolute Gasteiger partial charge is 0.229 e. The molecule has 0 aliphatic heterocycles. The Balaban J connectivity index is 4.09. The highest BCUT2D eigenvalue weighted by Gasteiger charge is 2.19. The minimum atomic E-state index is -0.297. The van der Waals surface area contributed by atoms with Crippen LogP contribution < -0.4 is 11.1 Å². The molecule has 1 atom stereocenters. The van der Waals surface area contributed by atoms with Gasteiger partial charge in [-0.2, -0.15) is 0 Å². The Morgan fingerprint density at radius 1 is 1.50 bits per heavy atom. The zero-order valence-corrected chi connectivity index (χ0v) is 9.99. The average Bonchev–Trinajstić information content (AvgIpc) is 2.09. The summed E-state index contributed by atoms with van der Waals surface area (Å²) in [6.07, 6.45) is 1.65. The maximum Gasteiger partial charge on any atom is 0.229 e. The van der Waals surface area contributed by atoms with E-state index in [1.54, 1.807) is 0 Å². The van der Waals surface area contributed by atoms with E-state index in [0.29, 0.717) is 17.5 Å². The number of carbonyl (C=O) groups is 1. The van der Waals surface area contributed by atoms with Crippen LogP contribution in [0.2, 0.25) is 0 Å².